The highest BCUT2D eigenvalue weighted by Gasteiger charge is 2.19. The van der Waals surface area contributed by atoms with Crippen molar-refractivity contribution in [1.82, 2.24) is 4.90 Å². The van der Waals surface area contributed by atoms with E-state index in [9.17, 15) is 9.90 Å². The second-order valence-corrected chi connectivity index (χ2v) is 7.07. The topological polar surface area (TPSA) is 62.9 Å². The van der Waals surface area contributed by atoms with Gasteiger partial charge in [0.25, 0.3) is 5.91 Å². The maximum absolute atomic E-state index is 12.8. The molecule has 1 amide bonds. The van der Waals surface area contributed by atoms with E-state index in [0.717, 1.165) is 23.3 Å². The predicted octanol–water partition coefficient (Wildman–Crippen LogP) is 4.15. The number of aliphatic hydroxyl groups excluding tert-OH is 1. The second kappa shape index (κ2) is 9.94. The lowest BCUT2D eigenvalue weighted by molar-refractivity contribution is 0.0688. The molecule has 1 N–H and O–H groups in total. The molecule has 1 heterocycles. The zero-order chi connectivity index (χ0) is 20.6. The van der Waals surface area contributed by atoms with E-state index in [-0.39, 0.29) is 31.4 Å². The number of rotatable bonds is 9. The summed E-state index contributed by atoms with van der Waals surface area (Å²) in [7, 11) is 0. The smallest absolute Gasteiger partial charge is 0.289 e. The van der Waals surface area contributed by atoms with Crippen LogP contribution < -0.4 is 4.74 Å². The highest BCUT2D eigenvalue weighted by Crippen LogP contribution is 2.21. The van der Waals surface area contributed by atoms with Crippen molar-refractivity contribution < 1.29 is 19.1 Å². The van der Waals surface area contributed by atoms with Crippen molar-refractivity contribution in [3.05, 3.63) is 88.9 Å². The number of carbonyl (C=O) groups is 1. The summed E-state index contributed by atoms with van der Waals surface area (Å²) in [5.74, 6) is 1.41. The molecule has 0 aliphatic carbocycles. The molecule has 1 aromatic heterocycles. The lowest BCUT2D eigenvalue weighted by Crippen LogP contribution is -2.35. The molecule has 2 aromatic carbocycles. The summed E-state index contributed by atoms with van der Waals surface area (Å²) in [5.41, 5.74) is 3.38. The van der Waals surface area contributed by atoms with Crippen LogP contribution in [-0.4, -0.2) is 35.6 Å². The van der Waals surface area contributed by atoms with Crippen LogP contribution in [0.25, 0.3) is 0 Å². The largest absolute Gasteiger partial charge is 0.485 e. The van der Waals surface area contributed by atoms with E-state index in [1.807, 2.05) is 56.3 Å². The molecule has 0 saturated heterocycles. The first-order chi connectivity index (χ1) is 14.1. The Kier molecular flexibility index (Phi) is 7.09. The van der Waals surface area contributed by atoms with E-state index in [4.69, 9.17) is 9.15 Å². The normalized spacial score (nSPS) is 10.7. The first-order valence-corrected chi connectivity index (χ1v) is 9.79. The SMILES string of the molecule is Cc1ccc(OCc2ccc(C(=O)N(CCO)CCc3ccccc3)o2)c(C)c1. The molecule has 0 aliphatic rings. The number of carbonyl (C=O) groups excluding carboxylic acids is 1. The summed E-state index contributed by atoms with van der Waals surface area (Å²) in [6, 6.07) is 19.4. The van der Waals surface area contributed by atoms with Gasteiger partial charge in [-0.05, 0) is 49.6 Å². The summed E-state index contributed by atoms with van der Waals surface area (Å²) in [6.45, 7) is 4.97. The molecular weight excluding hydrogens is 366 g/mol. The molecule has 5 heteroatoms. The Hall–Kier alpha value is -3.05. The van der Waals surface area contributed by atoms with E-state index in [2.05, 4.69) is 6.07 Å². The number of furan rings is 1. The van der Waals surface area contributed by atoms with Gasteiger partial charge in [0.2, 0.25) is 0 Å². The van der Waals surface area contributed by atoms with Crippen LogP contribution in [0, 0.1) is 13.8 Å². The highest BCUT2D eigenvalue weighted by molar-refractivity contribution is 5.91. The maximum Gasteiger partial charge on any atom is 0.289 e. The monoisotopic (exact) mass is 393 g/mol. The van der Waals surface area contributed by atoms with Crippen LogP contribution in [0.5, 0.6) is 5.75 Å². The zero-order valence-corrected chi connectivity index (χ0v) is 16.9. The van der Waals surface area contributed by atoms with E-state index >= 15 is 0 Å². The fourth-order valence-corrected chi connectivity index (χ4v) is 3.18. The summed E-state index contributed by atoms with van der Waals surface area (Å²) in [5, 5.41) is 9.35. The van der Waals surface area contributed by atoms with Gasteiger partial charge in [0, 0.05) is 13.1 Å². The average molecular weight is 393 g/mol. The van der Waals surface area contributed by atoms with Crippen molar-refractivity contribution in [1.29, 1.82) is 0 Å². The highest BCUT2D eigenvalue weighted by atomic mass is 16.5. The third-order valence-electron chi connectivity index (χ3n) is 4.74. The molecule has 3 aromatic rings. The van der Waals surface area contributed by atoms with Crippen molar-refractivity contribution in [3.8, 4) is 5.75 Å². The van der Waals surface area contributed by atoms with Crippen molar-refractivity contribution in [2.24, 2.45) is 0 Å². The Bertz CT molecular complexity index is 933. The predicted molar refractivity (Wildman–Crippen MR) is 112 cm³/mol. The van der Waals surface area contributed by atoms with Crippen molar-refractivity contribution in [3.63, 3.8) is 0 Å². The van der Waals surface area contributed by atoms with Gasteiger partial charge >= 0.3 is 0 Å². The quantitative estimate of drug-likeness (QED) is 0.593. The van der Waals surface area contributed by atoms with E-state index in [1.165, 1.54) is 5.56 Å². The molecule has 0 fully saturated rings. The first kappa shape index (κ1) is 20.7. The van der Waals surface area contributed by atoms with Gasteiger partial charge in [0.1, 0.15) is 18.1 Å². The average Bonchev–Trinajstić information content (AvgIpc) is 3.20. The fourth-order valence-electron chi connectivity index (χ4n) is 3.18. The van der Waals surface area contributed by atoms with Gasteiger partial charge < -0.3 is 19.2 Å². The lowest BCUT2D eigenvalue weighted by Gasteiger charge is -2.20. The van der Waals surface area contributed by atoms with Crippen LogP contribution in [0.1, 0.15) is 33.0 Å². The van der Waals surface area contributed by atoms with Gasteiger partial charge in [-0.25, -0.2) is 0 Å². The first-order valence-electron chi connectivity index (χ1n) is 9.79. The molecule has 0 atom stereocenters. The molecule has 0 saturated carbocycles. The molecule has 0 unspecified atom stereocenters. The number of aryl methyl sites for hydroxylation is 2. The molecule has 0 spiro atoms. The zero-order valence-electron chi connectivity index (χ0n) is 16.9. The minimum absolute atomic E-state index is 0.0933. The van der Waals surface area contributed by atoms with Crippen LogP contribution in [0.15, 0.2) is 65.1 Å². The number of hydrogen-bond acceptors (Lipinski definition) is 4. The number of benzene rings is 2. The van der Waals surface area contributed by atoms with Crippen LogP contribution in [0.3, 0.4) is 0 Å². The minimum Gasteiger partial charge on any atom is -0.485 e. The molecule has 29 heavy (non-hydrogen) atoms. The third-order valence-corrected chi connectivity index (χ3v) is 4.74. The summed E-state index contributed by atoms with van der Waals surface area (Å²) in [4.78, 5) is 14.4. The third kappa shape index (κ3) is 5.72. The summed E-state index contributed by atoms with van der Waals surface area (Å²) in [6.07, 6.45) is 0.718. The van der Waals surface area contributed by atoms with Crippen LogP contribution in [0.2, 0.25) is 0 Å². The van der Waals surface area contributed by atoms with E-state index < -0.39 is 0 Å². The Balaban J connectivity index is 1.61. The van der Waals surface area contributed by atoms with Crippen molar-refractivity contribution in [2.45, 2.75) is 26.9 Å². The molecule has 0 aliphatic heterocycles. The van der Waals surface area contributed by atoms with Crippen molar-refractivity contribution >= 4 is 5.91 Å². The summed E-state index contributed by atoms with van der Waals surface area (Å²) < 4.78 is 11.5. The molecule has 5 nitrogen and oxygen atoms in total. The van der Waals surface area contributed by atoms with Crippen LogP contribution >= 0.6 is 0 Å². The van der Waals surface area contributed by atoms with Gasteiger partial charge in [-0.3, -0.25) is 4.79 Å². The Labute approximate surface area is 171 Å². The van der Waals surface area contributed by atoms with E-state index in [1.54, 1.807) is 17.0 Å². The maximum atomic E-state index is 12.8. The van der Waals surface area contributed by atoms with Gasteiger partial charge in [-0.2, -0.15) is 0 Å². The second-order valence-electron chi connectivity index (χ2n) is 7.07. The van der Waals surface area contributed by atoms with Crippen molar-refractivity contribution in [2.75, 3.05) is 19.7 Å². The minimum atomic E-state index is -0.229. The number of amides is 1. The van der Waals surface area contributed by atoms with Gasteiger partial charge in [0.15, 0.2) is 5.76 Å². The standard InChI is InChI=1S/C24H27NO4/c1-18-8-10-22(19(2)16-18)28-17-21-9-11-23(29-21)24(27)25(14-15-26)13-12-20-6-4-3-5-7-20/h3-11,16,26H,12-15,17H2,1-2H3. The fraction of sp³-hybridized carbons (Fsp3) is 0.292. The van der Waals surface area contributed by atoms with Gasteiger partial charge in [-0.15, -0.1) is 0 Å². The lowest BCUT2D eigenvalue weighted by atomic mass is 10.1. The van der Waals surface area contributed by atoms with Gasteiger partial charge in [-0.1, -0.05) is 48.0 Å². The Morgan fingerprint density at radius 1 is 1.03 bits per heavy atom. The summed E-state index contributed by atoms with van der Waals surface area (Å²) >= 11 is 0. The number of hydrogen-bond donors (Lipinski definition) is 1. The number of nitrogens with zero attached hydrogens (tertiary/aromatic N) is 1. The van der Waals surface area contributed by atoms with Gasteiger partial charge in [0.05, 0.1) is 6.61 Å². The Morgan fingerprint density at radius 3 is 2.55 bits per heavy atom. The number of ether oxygens (including phenoxy) is 1. The molecule has 0 bridgehead atoms. The van der Waals surface area contributed by atoms with E-state index in [0.29, 0.717) is 12.3 Å². The molecule has 3 rings (SSSR count). The van der Waals surface area contributed by atoms with Crippen LogP contribution in [-0.2, 0) is 13.0 Å². The van der Waals surface area contributed by atoms with Crippen LogP contribution in [0.4, 0.5) is 0 Å². The molecule has 0 radical (unpaired) electrons. The Morgan fingerprint density at radius 2 is 1.83 bits per heavy atom. The number of aliphatic hydroxyl groups is 1. The molecule has 152 valence electrons. The molecular formula is C24H27NO4.